The van der Waals surface area contributed by atoms with E-state index in [4.69, 9.17) is 14.9 Å². The van der Waals surface area contributed by atoms with Crippen LogP contribution in [0.5, 0.6) is 11.5 Å². The van der Waals surface area contributed by atoms with Crippen molar-refractivity contribution in [2.45, 2.75) is 25.2 Å². The van der Waals surface area contributed by atoms with Gasteiger partial charge >= 0.3 is 11.9 Å². The van der Waals surface area contributed by atoms with Crippen LogP contribution < -0.4 is 4.74 Å². The molecule has 0 unspecified atom stereocenters. The van der Waals surface area contributed by atoms with Crippen molar-refractivity contribution in [1.82, 2.24) is 4.90 Å². The number of carbonyl (C=O) groups is 2. The van der Waals surface area contributed by atoms with E-state index in [-0.39, 0.29) is 0 Å². The van der Waals surface area contributed by atoms with Gasteiger partial charge in [-0.2, -0.15) is 0 Å². The zero-order valence-corrected chi connectivity index (χ0v) is 16.5. The zero-order chi connectivity index (χ0) is 21.0. The minimum Gasteiger partial charge on any atom is -0.478 e. The van der Waals surface area contributed by atoms with Gasteiger partial charge in [0, 0.05) is 24.6 Å². The lowest BCUT2D eigenvalue weighted by Crippen LogP contribution is -2.35. The molecular formula is C23H25NO5. The highest BCUT2D eigenvalue weighted by Crippen LogP contribution is 2.49. The summed E-state index contributed by atoms with van der Waals surface area (Å²) in [5, 5.41) is 15.6. The van der Waals surface area contributed by atoms with Gasteiger partial charge in [-0.15, -0.1) is 0 Å². The van der Waals surface area contributed by atoms with Crippen molar-refractivity contribution in [2.75, 3.05) is 20.1 Å². The van der Waals surface area contributed by atoms with E-state index in [1.165, 1.54) is 23.1 Å². The van der Waals surface area contributed by atoms with E-state index in [0.29, 0.717) is 24.0 Å². The summed E-state index contributed by atoms with van der Waals surface area (Å²) >= 11 is 0. The number of rotatable bonds is 2. The number of fused-ring (bicyclic) bond motifs is 5. The van der Waals surface area contributed by atoms with Crippen LogP contribution in [0.1, 0.15) is 34.9 Å². The number of piperidine rings is 1. The molecule has 0 radical (unpaired) electrons. The monoisotopic (exact) mass is 395 g/mol. The van der Waals surface area contributed by atoms with Crippen molar-refractivity contribution in [3.8, 4) is 11.5 Å². The van der Waals surface area contributed by atoms with Gasteiger partial charge in [-0.1, -0.05) is 35.9 Å². The average Bonchev–Trinajstić information content (AvgIpc) is 2.81. The van der Waals surface area contributed by atoms with E-state index >= 15 is 0 Å². The minimum absolute atomic E-state index is 0.531. The number of ether oxygens (including phenoxy) is 1. The van der Waals surface area contributed by atoms with Crippen LogP contribution in [0.3, 0.4) is 0 Å². The third-order valence-corrected chi connectivity index (χ3v) is 5.29. The SMILES string of the molecule is Cc1ccc2c(c1)[C@H]1CCN(C)C[C@@H]1c1ccccc1O2.O=C(O)/C=C\C(=O)O. The molecule has 2 atom stereocenters. The largest absolute Gasteiger partial charge is 0.478 e. The van der Waals surface area contributed by atoms with Crippen LogP contribution in [-0.4, -0.2) is 47.2 Å². The molecule has 0 amide bonds. The predicted octanol–water partition coefficient (Wildman–Crippen LogP) is 4.02. The van der Waals surface area contributed by atoms with Gasteiger partial charge in [-0.3, -0.25) is 0 Å². The molecule has 2 heterocycles. The Morgan fingerprint density at radius 1 is 1.00 bits per heavy atom. The van der Waals surface area contributed by atoms with Crippen molar-refractivity contribution in [2.24, 2.45) is 0 Å². The van der Waals surface area contributed by atoms with Crippen molar-refractivity contribution < 1.29 is 24.5 Å². The Hall–Kier alpha value is -3.12. The number of carboxylic acid groups (broad SMARTS) is 2. The van der Waals surface area contributed by atoms with Gasteiger partial charge in [0.2, 0.25) is 0 Å². The van der Waals surface area contributed by atoms with Gasteiger partial charge < -0.3 is 19.8 Å². The Balaban J connectivity index is 0.000000258. The Kier molecular flexibility index (Phi) is 6.34. The predicted molar refractivity (Wildman–Crippen MR) is 110 cm³/mol. The molecule has 1 fully saturated rings. The number of nitrogens with zero attached hydrogens (tertiary/aromatic N) is 1. The topological polar surface area (TPSA) is 87.1 Å². The minimum atomic E-state index is -1.26. The lowest BCUT2D eigenvalue weighted by molar-refractivity contribution is -0.134. The molecule has 2 aromatic rings. The lowest BCUT2D eigenvalue weighted by atomic mass is 9.76. The lowest BCUT2D eigenvalue weighted by Gasteiger charge is -2.36. The fourth-order valence-electron chi connectivity index (χ4n) is 3.99. The van der Waals surface area contributed by atoms with E-state index in [0.717, 1.165) is 24.6 Å². The normalized spacial score (nSPS) is 20.2. The van der Waals surface area contributed by atoms with Gasteiger partial charge in [-0.25, -0.2) is 9.59 Å². The maximum atomic E-state index is 9.55. The third kappa shape index (κ3) is 5.03. The van der Waals surface area contributed by atoms with E-state index in [9.17, 15) is 9.59 Å². The molecule has 2 aliphatic rings. The van der Waals surface area contributed by atoms with Crippen LogP contribution in [-0.2, 0) is 9.59 Å². The van der Waals surface area contributed by atoms with Crippen molar-refractivity contribution >= 4 is 11.9 Å². The van der Waals surface area contributed by atoms with E-state index in [1.54, 1.807) is 0 Å². The number of aryl methyl sites for hydroxylation is 1. The summed E-state index contributed by atoms with van der Waals surface area (Å²) in [5.74, 6) is 0.665. The summed E-state index contributed by atoms with van der Waals surface area (Å²) in [6, 6.07) is 15.2. The number of para-hydroxylation sites is 1. The summed E-state index contributed by atoms with van der Waals surface area (Å²) in [7, 11) is 2.22. The van der Waals surface area contributed by atoms with Crippen molar-refractivity contribution in [3.63, 3.8) is 0 Å². The summed E-state index contributed by atoms with van der Waals surface area (Å²) in [5.41, 5.74) is 4.08. The molecule has 152 valence electrons. The van der Waals surface area contributed by atoms with Crippen LogP contribution in [0.4, 0.5) is 0 Å². The number of likely N-dealkylation sites (tertiary alicyclic amines) is 1. The first kappa shape index (κ1) is 20.6. The van der Waals surface area contributed by atoms with Gasteiger partial charge in [0.25, 0.3) is 0 Å². The highest BCUT2D eigenvalue weighted by atomic mass is 16.5. The van der Waals surface area contributed by atoms with Crippen LogP contribution in [0, 0.1) is 6.92 Å². The Labute approximate surface area is 170 Å². The molecule has 0 aliphatic carbocycles. The molecule has 0 bridgehead atoms. The number of carboxylic acids is 2. The number of aliphatic carboxylic acids is 2. The fraction of sp³-hybridized carbons (Fsp3) is 0.304. The highest BCUT2D eigenvalue weighted by molar-refractivity contribution is 5.89. The average molecular weight is 395 g/mol. The summed E-state index contributed by atoms with van der Waals surface area (Å²) in [6.07, 6.45) is 2.32. The summed E-state index contributed by atoms with van der Waals surface area (Å²) in [6.45, 7) is 4.44. The summed E-state index contributed by atoms with van der Waals surface area (Å²) < 4.78 is 6.27. The molecule has 2 aromatic carbocycles. The highest BCUT2D eigenvalue weighted by Gasteiger charge is 2.35. The second kappa shape index (κ2) is 8.92. The smallest absolute Gasteiger partial charge is 0.328 e. The Bertz CT molecular complexity index is 921. The van der Waals surface area contributed by atoms with E-state index in [2.05, 4.69) is 61.3 Å². The molecule has 1 saturated heterocycles. The van der Waals surface area contributed by atoms with Gasteiger partial charge in [0.05, 0.1) is 0 Å². The first-order valence-electron chi connectivity index (χ1n) is 9.55. The molecule has 4 rings (SSSR count). The molecule has 0 aromatic heterocycles. The summed E-state index contributed by atoms with van der Waals surface area (Å²) in [4.78, 5) is 21.6. The third-order valence-electron chi connectivity index (χ3n) is 5.29. The van der Waals surface area contributed by atoms with Crippen LogP contribution in [0.25, 0.3) is 0 Å². The van der Waals surface area contributed by atoms with Gasteiger partial charge in [0.15, 0.2) is 0 Å². The second-order valence-electron chi connectivity index (χ2n) is 7.45. The fourth-order valence-corrected chi connectivity index (χ4v) is 3.99. The molecule has 29 heavy (non-hydrogen) atoms. The molecule has 2 N–H and O–H groups in total. The van der Waals surface area contributed by atoms with E-state index in [1.807, 2.05) is 0 Å². The first-order chi connectivity index (χ1) is 13.8. The van der Waals surface area contributed by atoms with Gasteiger partial charge in [0.1, 0.15) is 11.5 Å². The molecule has 2 aliphatic heterocycles. The molecule has 0 saturated carbocycles. The van der Waals surface area contributed by atoms with Crippen molar-refractivity contribution in [1.29, 1.82) is 0 Å². The van der Waals surface area contributed by atoms with Crippen LogP contribution in [0.15, 0.2) is 54.6 Å². The van der Waals surface area contributed by atoms with Crippen LogP contribution in [0.2, 0.25) is 0 Å². The Morgan fingerprint density at radius 2 is 1.66 bits per heavy atom. The number of hydrogen-bond donors (Lipinski definition) is 2. The molecule has 0 spiro atoms. The number of benzene rings is 2. The maximum absolute atomic E-state index is 9.55. The number of hydrogen-bond acceptors (Lipinski definition) is 4. The van der Waals surface area contributed by atoms with Crippen molar-refractivity contribution in [3.05, 3.63) is 71.3 Å². The van der Waals surface area contributed by atoms with Gasteiger partial charge in [-0.05, 0) is 56.1 Å². The standard InChI is InChI=1S/C19H21NO.C4H4O4/c1-13-7-8-19-16(11-13)14-9-10-20(2)12-17(14)15-5-3-4-6-18(15)21-19;5-3(6)1-2-4(7)8/h3-8,11,14,17H,9-10,12H2,1-2H3;1-2H,(H,5,6)(H,7,8)/b;2-1-/t14-,17+;/m1./s1. The Morgan fingerprint density at radius 3 is 2.34 bits per heavy atom. The quantitative estimate of drug-likeness (QED) is 0.747. The van der Waals surface area contributed by atoms with E-state index < -0.39 is 11.9 Å². The first-order valence-corrected chi connectivity index (χ1v) is 9.55. The number of likely N-dealkylation sites (N-methyl/N-ethyl adjacent to an activating group) is 1. The molecular weight excluding hydrogens is 370 g/mol. The second-order valence-corrected chi connectivity index (χ2v) is 7.45. The van der Waals surface area contributed by atoms with Crippen LogP contribution >= 0.6 is 0 Å². The molecule has 6 nitrogen and oxygen atoms in total. The maximum Gasteiger partial charge on any atom is 0.328 e. The molecule has 6 heteroatoms. The zero-order valence-electron chi connectivity index (χ0n) is 16.5.